The second-order valence-corrected chi connectivity index (χ2v) is 7.08. The molecule has 3 aromatic rings. The molecule has 0 unspecified atom stereocenters. The lowest BCUT2D eigenvalue weighted by atomic mass is 10.0. The number of hydrogen-bond donors (Lipinski definition) is 0. The van der Waals surface area contributed by atoms with Crippen molar-refractivity contribution in [1.29, 1.82) is 0 Å². The van der Waals surface area contributed by atoms with Crippen molar-refractivity contribution in [3.63, 3.8) is 0 Å². The summed E-state index contributed by atoms with van der Waals surface area (Å²) in [5.41, 5.74) is 3.50. The van der Waals surface area contributed by atoms with Crippen molar-refractivity contribution in [2.24, 2.45) is 5.92 Å². The molecule has 1 fully saturated rings. The molecular weight excluding hydrogens is 338 g/mol. The van der Waals surface area contributed by atoms with Gasteiger partial charge in [0.2, 0.25) is 0 Å². The zero-order chi connectivity index (χ0) is 18.6. The lowest BCUT2D eigenvalue weighted by Gasteiger charge is -2.23. The lowest BCUT2D eigenvalue weighted by Crippen LogP contribution is -2.33. The number of amides is 1. The van der Waals surface area contributed by atoms with Gasteiger partial charge in [0.05, 0.1) is 5.69 Å². The quantitative estimate of drug-likeness (QED) is 0.645. The molecule has 1 aliphatic rings. The van der Waals surface area contributed by atoms with Gasteiger partial charge < -0.3 is 4.90 Å². The van der Waals surface area contributed by atoms with Crippen LogP contribution in [0.25, 0.3) is 16.8 Å². The van der Waals surface area contributed by atoms with Crippen LogP contribution in [0.3, 0.4) is 0 Å². The van der Waals surface area contributed by atoms with E-state index >= 15 is 0 Å². The second-order valence-electron chi connectivity index (χ2n) is 7.08. The molecule has 1 aromatic heterocycles. The van der Waals surface area contributed by atoms with Crippen LogP contribution in [0, 0.1) is 5.92 Å². The summed E-state index contributed by atoms with van der Waals surface area (Å²) in [5, 5.41) is 11.4. The number of carbonyl (C=O) groups is 1. The van der Waals surface area contributed by atoms with Crippen molar-refractivity contribution in [3.8, 4) is 16.8 Å². The first-order valence-corrected chi connectivity index (χ1v) is 9.47. The average Bonchev–Trinajstić information content (AvgIpc) is 3.36. The first kappa shape index (κ1) is 17.4. The van der Waals surface area contributed by atoms with E-state index in [4.69, 9.17) is 0 Å². The molecule has 1 heterocycles. The molecule has 0 N–H and O–H groups in total. The summed E-state index contributed by atoms with van der Waals surface area (Å²) in [4.78, 5) is 15.3. The van der Waals surface area contributed by atoms with Crippen molar-refractivity contribution in [1.82, 2.24) is 25.1 Å². The molecule has 6 nitrogen and oxygen atoms in total. The molecule has 1 saturated carbocycles. The summed E-state index contributed by atoms with van der Waals surface area (Å²) in [6.45, 7) is 3.74. The highest BCUT2D eigenvalue weighted by atomic mass is 16.2. The van der Waals surface area contributed by atoms with E-state index in [0.29, 0.717) is 11.5 Å². The van der Waals surface area contributed by atoms with Crippen LogP contribution in [0.5, 0.6) is 0 Å². The number of hydrogen-bond acceptors (Lipinski definition) is 4. The highest BCUT2D eigenvalue weighted by Gasteiger charge is 2.27. The summed E-state index contributed by atoms with van der Waals surface area (Å²) in [6.07, 6.45) is 4.96. The Morgan fingerprint density at radius 3 is 2.63 bits per heavy atom. The Bertz CT molecular complexity index is 904. The highest BCUT2D eigenvalue weighted by Crippen LogP contribution is 2.31. The number of benzene rings is 2. The maximum atomic E-state index is 13.3. The Morgan fingerprint density at radius 1 is 1.15 bits per heavy atom. The summed E-state index contributed by atoms with van der Waals surface area (Å²) in [6, 6.07) is 15.9. The Morgan fingerprint density at radius 2 is 1.96 bits per heavy atom. The van der Waals surface area contributed by atoms with Crippen molar-refractivity contribution in [2.75, 3.05) is 13.1 Å². The van der Waals surface area contributed by atoms with Gasteiger partial charge in [0.25, 0.3) is 5.91 Å². The van der Waals surface area contributed by atoms with E-state index in [1.807, 2.05) is 53.4 Å². The zero-order valence-electron chi connectivity index (χ0n) is 15.5. The zero-order valence-corrected chi connectivity index (χ0v) is 15.5. The van der Waals surface area contributed by atoms with Crippen molar-refractivity contribution < 1.29 is 4.79 Å². The molecule has 1 amide bonds. The Balaban J connectivity index is 1.74. The Labute approximate surface area is 158 Å². The summed E-state index contributed by atoms with van der Waals surface area (Å²) < 4.78 is 1.59. The summed E-state index contributed by atoms with van der Waals surface area (Å²) in [5.74, 6) is 0.743. The van der Waals surface area contributed by atoms with E-state index in [9.17, 15) is 4.79 Å². The molecule has 0 spiro atoms. The van der Waals surface area contributed by atoms with Gasteiger partial charge in [-0.2, -0.15) is 0 Å². The molecule has 6 heteroatoms. The molecule has 1 aliphatic carbocycles. The average molecular weight is 361 g/mol. The van der Waals surface area contributed by atoms with Gasteiger partial charge >= 0.3 is 0 Å². The van der Waals surface area contributed by atoms with E-state index in [1.54, 1.807) is 11.0 Å². The first-order chi connectivity index (χ1) is 13.2. The molecule has 27 heavy (non-hydrogen) atoms. The number of tetrazole rings is 1. The molecule has 0 atom stereocenters. The number of aromatic nitrogens is 4. The third kappa shape index (κ3) is 4.05. The maximum absolute atomic E-state index is 13.3. The SMILES string of the molecule is CCCN(CC1CC1)C(=O)c1cc(-c2ccccc2)cc(-n2cnnn2)c1. The van der Waals surface area contributed by atoms with Crippen molar-refractivity contribution in [2.45, 2.75) is 26.2 Å². The molecule has 4 rings (SSSR count). The van der Waals surface area contributed by atoms with Gasteiger partial charge in [-0.1, -0.05) is 37.3 Å². The van der Waals surface area contributed by atoms with Crippen LogP contribution in [0.1, 0.15) is 36.5 Å². The molecule has 138 valence electrons. The first-order valence-electron chi connectivity index (χ1n) is 9.47. The van der Waals surface area contributed by atoms with E-state index in [0.717, 1.165) is 36.3 Å². The van der Waals surface area contributed by atoms with Crippen molar-refractivity contribution in [3.05, 3.63) is 60.4 Å². The molecule has 0 saturated heterocycles. The third-order valence-electron chi connectivity index (χ3n) is 4.84. The second kappa shape index (κ2) is 7.70. The fraction of sp³-hybridized carbons (Fsp3) is 0.333. The normalized spacial score (nSPS) is 13.5. The van der Waals surface area contributed by atoms with E-state index < -0.39 is 0 Å². The van der Waals surface area contributed by atoms with Crippen LogP contribution in [-0.4, -0.2) is 44.1 Å². The van der Waals surface area contributed by atoms with Crippen LogP contribution in [0.15, 0.2) is 54.9 Å². The molecular formula is C21H23N5O. The van der Waals surface area contributed by atoms with Crippen molar-refractivity contribution >= 4 is 5.91 Å². The molecule has 0 radical (unpaired) electrons. The van der Waals surface area contributed by atoms with Gasteiger partial charge in [-0.25, -0.2) is 4.68 Å². The van der Waals surface area contributed by atoms with Gasteiger partial charge in [-0.05, 0) is 64.9 Å². The molecule has 0 aliphatic heterocycles. The predicted molar refractivity (Wildman–Crippen MR) is 104 cm³/mol. The topological polar surface area (TPSA) is 63.9 Å². The predicted octanol–water partition coefficient (Wildman–Crippen LogP) is 3.59. The van der Waals surface area contributed by atoms with E-state index in [2.05, 4.69) is 22.4 Å². The van der Waals surface area contributed by atoms with Crippen LogP contribution in [-0.2, 0) is 0 Å². The minimum atomic E-state index is 0.0795. The minimum Gasteiger partial charge on any atom is -0.338 e. The van der Waals surface area contributed by atoms with Gasteiger partial charge in [0.15, 0.2) is 0 Å². The van der Waals surface area contributed by atoms with Gasteiger partial charge in [0.1, 0.15) is 6.33 Å². The molecule has 2 aromatic carbocycles. The fourth-order valence-corrected chi connectivity index (χ4v) is 3.28. The van der Waals surface area contributed by atoms with E-state index in [-0.39, 0.29) is 5.91 Å². The summed E-state index contributed by atoms with van der Waals surface area (Å²) >= 11 is 0. The highest BCUT2D eigenvalue weighted by molar-refractivity contribution is 5.96. The maximum Gasteiger partial charge on any atom is 0.253 e. The smallest absolute Gasteiger partial charge is 0.253 e. The number of rotatable bonds is 7. The largest absolute Gasteiger partial charge is 0.338 e. The fourth-order valence-electron chi connectivity index (χ4n) is 3.28. The Kier molecular flexibility index (Phi) is 4.96. The van der Waals surface area contributed by atoms with Crippen LogP contribution in [0.2, 0.25) is 0 Å². The number of carbonyl (C=O) groups excluding carboxylic acids is 1. The molecule has 0 bridgehead atoms. The van der Waals surface area contributed by atoms with Gasteiger partial charge in [0, 0.05) is 18.7 Å². The lowest BCUT2D eigenvalue weighted by molar-refractivity contribution is 0.0747. The monoisotopic (exact) mass is 361 g/mol. The number of nitrogens with zero attached hydrogens (tertiary/aromatic N) is 5. The third-order valence-corrected chi connectivity index (χ3v) is 4.84. The standard InChI is InChI=1S/C21H23N5O/c1-2-10-25(14-16-8-9-16)21(27)19-11-18(17-6-4-3-5-7-17)12-20(13-19)26-15-22-23-24-26/h3-7,11-13,15-16H,2,8-10,14H2,1H3. The van der Waals surface area contributed by atoms with Crippen LogP contribution in [0.4, 0.5) is 0 Å². The van der Waals surface area contributed by atoms with E-state index in [1.165, 1.54) is 12.8 Å². The van der Waals surface area contributed by atoms with Gasteiger partial charge in [-0.3, -0.25) is 4.79 Å². The van der Waals surface area contributed by atoms with Crippen LogP contribution < -0.4 is 0 Å². The van der Waals surface area contributed by atoms with Crippen LogP contribution >= 0.6 is 0 Å². The van der Waals surface area contributed by atoms with Gasteiger partial charge in [-0.15, -0.1) is 5.10 Å². The Hall–Kier alpha value is -3.02. The minimum absolute atomic E-state index is 0.0795. The summed E-state index contributed by atoms with van der Waals surface area (Å²) in [7, 11) is 0.